The molecule has 0 aromatic heterocycles. The lowest BCUT2D eigenvalue weighted by molar-refractivity contribution is -0.135. The molecule has 1 amide bonds. The molecule has 1 saturated heterocycles. The summed E-state index contributed by atoms with van der Waals surface area (Å²) in [5, 5.41) is 11.7. The van der Waals surface area contributed by atoms with E-state index in [0.717, 1.165) is 32.5 Å². The number of amidine groups is 1. The van der Waals surface area contributed by atoms with Crippen LogP contribution in [0.4, 0.5) is 0 Å². The summed E-state index contributed by atoms with van der Waals surface area (Å²) in [6, 6.07) is 0. The topological polar surface area (TPSA) is 82.2 Å². The highest BCUT2D eigenvalue weighted by Gasteiger charge is 2.29. The highest BCUT2D eigenvalue weighted by atomic mass is 16.4. The number of carbonyl (C=O) groups excluding carboxylic acids is 1. The van der Waals surface area contributed by atoms with Crippen molar-refractivity contribution >= 4 is 11.7 Å². The van der Waals surface area contributed by atoms with Gasteiger partial charge >= 0.3 is 0 Å². The molecule has 1 aliphatic heterocycles. The molecule has 1 atom stereocenters. The number of oxime groups is 1. The van der Waals surface area contributed by atoms with Crippen LogP contribution in [0.3, 0.4) is 0 Å². The van der Waals surface area contributed by atoms with Crippen LogP contribution in [0.1, 0.15) is 26.2 Å². The molecule has 0 saturated carbocycles. The molecular weight excluding hydrogens is 244 g/mol. The highest BCUT2D eigenvalue weighted by Crippen LogP contribution is 2.20. The van der Waals surface area contributed by atoms with Crippen molar-refractivity contribution < 1.29 is 10.0 Å². The molecule has 1 rings (SSSR count). The van der Waals surface area contributed by atoms with E-state index in [1.165, 1.54) is 0 Å². The minimum absolute atomic E-state index is 0.0129. The molecule has 1 heterocycles. The summed E-state index contributed by atoms with van der Waals surface area (Å²) in [4.78, 5) is 16.3. The lowest BCUT2D eigenvalue weighted by atomic mass is 9.94. The van der Waals surface area contributed by atoms with Gasteiger partial charge in [0.05, 0.1) is 5.92 Å². The van der Waals surface area contributed by atoms with Gasteiger partial charge in [0.25, 0.3) is 0 Å². The molecule has 6 nitrogen and oxygen atoms in total. The van der Waals surface area contributed by atoms with Crippen LogP contribution >= 0.6 is 0 Å². The van der Waals surface area contributed by atoms with Gasteiger partial charge < -0.3 is 20.7 Å². The average Bonchev–Trinajstić information content (AvgIpc) is 2.39. The van der Waals surface area contributed by atoms with Gasteiger partial charge in [-0.1, -0.05) is 12.1 Å². The fourth-order valence-electron chi connectivity index (χ4n) is 2.65. The third-order valence-corrected chi connectivity index (χ3v) is 3.73. The first kappa shape index (κ1) is 15.8. The minimum Gasteiger partial charge on any atom is -0.409 e. The Balaban J connectivity index is 2.52. The summed E-state index contributed by atoms with van der Waals surface area (Å²) in [6.45, 7) is 4.48. The van der Waals surface area contributed by atoms with E-state index < -0.39 is 5.92 Å². The Kier molecular flexibility index (Phi) is 6.08. The van der Waals surface area contributed by atoms with E-state index in [4.69, 9.17) is 10.9 Å². The van der Waals surface area contributed by atoms with Gasteiger partial charge in [-0.2, -0.15) is 0 Å². The van der Waals surface area contributed by atoms with Gasteiger partial charge in [0.1, 0.15) is 0 Å². The Morgan fingerprint density at radius 3 is 2.47 bits per heavy atom. The number of carbonyl (C=O) groups is 1. The van der Waals surface area contributed by atoms with Gasteiger partial charge in [0.15, 0.2) is 5.84 Å². The first-order valence-corrected chi connectivity index (χ1v) is 6.90. The molecule has 0 bridgehead atoms. The monoisotopic (exact) mass is 270 g/mol. The van der Waals surface area contributed by atoms with Crippen molar-refractivity contribution in [2.45, 2.75) is 26.2 Å². The molecule has 0 aromatic rings. The molecule has 0 aliphatic carbocycles. The number of hydrogen-bond donors (Lipinski definition) is 2. The summed E-state index contributed by atoms with van der Waals surface area (Å²) in [6.07, 6.45) is 2.61. The predicted molar refractivity (Wildman–Crippen MR) is 75.0 cm³/mol. The average molecular weight is 270 g/mol. The normalized spacial score (nSPS) is 19.8. The standard InChI is InChI=1S/C13H26N4O2/c1-4-11(12(14)15-19)13(18)17-7-5-10(6-8-17)9-16(2)3/h10-11,19H,4-9H2,1-3H3,(H2,14,15). The second kappa shape index (κ2) is 7.33. The van der Waals surface area contributed by atoms with E-state index in [-0.39, 0.29) is 11.7 Å². The molecule has 0 radical (unpaired) electrons. The number of nitrogens with zero attached hydrogens (tertiary/aromatic N) is 3. The van der Waals surface area contributed by atoms with Crippen molar-refractivity contribution in [3.05, 3.63) is 0 Å². The Bertz CT molecular complexity index is 323. The quantitative estimate of drug-likeness (QED) is 0.331. The van der Waals surface area contributed by atoms with Gasteiger partial charge in [-0.05, 0) is 39.3 Å². The zero-order valence-electron chi connectivity index (χ0n) is 12.2. The number of likely N-dealkylation sites (tertiary alicyclic amines) is 1. The van der Waals surface area contributed by atoms with Crippen LogP contribution in [0.2, 0.25) is 0 Å². The molecular formula is C13H26N4O2. The maximum Gasteiger partial charge on any atom is 0.233 e. The Morgan fingerprint density at radius 2 is 2.05 bits per heavy atom. The lowest BCUT2D eigenvalue weighted by Gasteiger charge is -2.34. The van der Waals surface area contributed by atoms with E-state index in [0.29, 0.717) is 12.3 Å². The predicted octanol–water partition coefficient (Wildman–Crippen LogP) is 0.559. The first-order valence-electron chi connectivity index (χ1n) is 6.90. The minimum atomic E-state index is -0.490. The van der Waals surface area contributed by atoms with Gasteiger partial charge in [-0.3, -0.25) is 4.79 Å². The van der Waals surface area contributed by atoms with E-state index >= 15 is 0 Å². The van der Waals surface area contributed by atoms with Crippen LogP contribution in [0.25, 0.3) is 0 Å². The zero-order valence-corrected chi connectivity index (χ0v) is 12.2. The maximum absolute atomic E-state index is 12.3. The second-order valence-corrected chi connectivity index (χ2v) is 5.52. The van der Waals surface area contributed by atoms with Gasteiger partial charge in [-0.25, -0.2) is 0 Å². The van der Waals surface area contributed by atoms with Crippen molar-refractivity contribution in [2.24, 2.45) is 22.7 Å². The van der Waals surface area contributed by atoms with E-state index in [1.54, 1.807) is 0 Å². The largest absolute Gasteiger partial charge is 0.409 e. The van der Waals surface area contributed by atoms with Crippen LogP contribution < -0.4 is 5.73 Å². The van der Waals surface area contributed by atoms with Crippen LogP contribution in [-0.4, -0.2) is 60.5 Å². The molecule has 3 N–H and O–H groups in total. The molecule has 1 fully saturated rings. The smallest absolute Gasteiger partial charge is 0.233 e. The third-order valence-electron chi connectivity index (χ3n) is 3.73. The highest BCUT2D eigenvalue weighted by molar-refractivity contribution is 6.02. The molecule has 19 heavy (non-hydrogen) atoms. The number of nitrogens with two attached hydrogens (primary N) is 1. The summed E-state index contributed by atoms with van der Waals surface area (Å²) >= 11 is 0. The van der Waals surface area contributed by atoms with E-state index in [2.05, 4.69) is 24.2 Å². The van der Waals surface area contributed by atoms with Crippen molar-refractivity contribution in [1.82, 2.24) is 9.80 Å². The Morgan fingerprint density at radius 1 is 1.47 bits per heavy atom. The van der Waals surface area contributed by atoms with Gasteiger partial charge in [-0.15, -0.1) is 0 Å². The van der Waals surface area contributed by atoms with E-state index in [9.17, 15) is 4.79 Å². The number of amides is 1. The second-order valence-electron chi connectivity index (χ2n) is 5.52. The number of rotatable bonds is 5. The van der Waals surface area contributed by atoms with Gasteiger partial charge in [0, 0.05) is 19.6 Å². The summed E-state index contributed by atoms with van der Waals surface area (Å²) in [7, 11) is 4.14. The fourth-order valence-corrected chi connectivity index (χ4v) is 2.65. The first-order chi connectivity index (χ1) is 8.99. The fraction of sp³-hybridized carbons (Fsp3) is 0.846. The molecule has 6 heteroatoms. The van der Waals surface area contributed by atoms with Crippen molar-refractivity contribution in [3.8, 4) is 0 Å². The molecule has 0 aromatic carbocycles. The van der Waals surface area contributed by atoms with Crippen molar-refractivity contribution in [3.63, 3.8) is 0 Å². The molecule has 110 valence electrons. The molecule has 1 aliphatic rings. The summed E-state index contributed by atoms with van der Waals surface area (Å²) < 4.78 is 0. The van der Waals surface area contributed by atoms with Crippen LogP contribution in [0, 0.1) is 11.8 Å². The Labute approximate surface area is 115 Å². The number of hydrogen-bond acceptors (Lipinski definition) is 4. The Hall–Kier alpha value is -1.30. The van der Waals surface area contributed by atoms with Crippen molar-refractivity contribution in [2.75, 3.05) is 33.7 Å². The molecule has 1 unspecified atom stereocenters. The van der Waals surface area contributed by atoms with Crippen LogP contribution in [0.5, 0.6) is 0 Å². The lowest BCUT2D eigenvalue weighted by Crippen LogP contribution is -2.46. The summed E-state index contributed by atoms with van der Waals surface area (Å²) in [5.41, 5.74) is 5.57. The maximum atomic E-state index is 12.3. The molecule has 0 spiro atoms. The SMILES string of the molecule is CCC(C(=O)N1CCC(CN(C)C)CC1)C(N)=NO. The third kappa shape index (κ3) is 4.38. The summed E-state index contributed by atoms with van der Waals surface area (Å²) in [5.74, 6) is 0.169. The van der Waals surface area contributed by atoms with Gasteiger partial charge in [0.2, 0.25) is 5.91 Å². The van der Waals surface area contributed by atoms with Crippen molar-refractivity contribution in [1.29, 1.82) is 0 Å². The number of piperidine rings is 1. The zero-order chi connectivity index (χ0) is 14.4. The van der Waals surface area contributed by atoms with Crippen LogP contribution in [-0.2, 0) is 4.79 Å². The van der Waals surface area contributed by atoms with Crippen LogP contribution in [0.15, 0.2) is 5.16 Å². The van der Waals surface area contributed by atoms with E-state index in [1.807, 2.05) is 11.8 Å².